The van der Waals surface area contributed by atoms with Crippen molar-refractivity contribution in [1.29, 1.82) is 0 Å². The fourth-order valence-electron chi connectivity index (χ4n) is 2.73. The Morgan fingerprint density at radius 3 is 2.61 bits per heavy atom. The SMILES string of the molecule is COC(=O)C(CC1CCCNC1=O)NC(=O)C(N)CC(C)(C)C. The molecule has 3 unspecified atom stereocenters. The van der Waals surface area contributed by atoms with Crippen LogP contribution in [-0.4, -0.2) is 43.5 Å². The molecule has 7 nitrogen and oxygen atoms in total. The second kappa shape index (κ2) is 8.29. The molecule has 1 aliphatic heterocycles. The van der Waals surface area contributed by atoms with E-state index >= 15 is 0 Å². The van der Waals surface area contributed by atoms with Crippen LogP contribution in [0.25, 0.3) is 0 Å². The molecule has 23 heavy (non-hydrogen) atoms. The van der Waals surface area contributed by atoms with Gasteiger partial charge in [0.25, 0.3) is 0 Å². The molecule has 0 aromatic rings. The summed E-state index contributed by atoms with van der Waals surface area (Å²) in [5, 5.41) is 5.41. The zero-order valence-electron chi connectivity index (χ0n) is 14.5. The predicted molar refractivity (Wildman–Crippen MR) is 86.3 cm³/mol. The first kappa shape index (κ1) is 19.4. The Morgan fingerprint density at radius 1 is 1.43 bits per heavy atom. The van der Waals surface area contributed by atoms with Gasteiger partial charge in [-0.2, -0.15) is 0 Å². The molecule has 0 bridgehead atoms. The molecule has 1 rings (SSSR count). The van der Waals surface area contributed by atoms with E-state index in [0.717, 1.165) is 6.42 Å². The molecule has 2 amide bonds. The molecule has 132 valence electrons. The van der Waals surface area contributed by atoms with Crippen molar-refractivity contribution < 1.29 is 19.1 Å². The normalized spacial score (nSPS) is 21.1. The molecule has 7 heteroatoms. The number of hydrogen-bond donors (Lipinski definition) is 3. The molecule has 1 heterocycles. The Kier molecular flexibility index (Phi) is 7.00. The number of amides is 2. The fraction of sp³-hybridized carbons (Fsp3) is 0.812. The molecular formula is C16H29N3O4. The van der Waals surface area contributed by atoms with E-state index in [4.69, 9.17) is 10.5 Å². The number of carbonyl (C=O) groups excluding carboxylic acids is 3. The molecular weight excluding hydrogens is 298 g/mol. The van der Waals surface area contributed by atoms with E-state index in [1.807, 2.05) is 20.8 Å². The van der Waals surface area contributed by atoms with Crippen molar-refractivity contribution in [3.8, 4) is 0 Å². The molecule has 3 atom stereocenters. The number of ether oxygens (including phenoxy) is 1. The second-order valence-electron chi connectivity index (χ2n) is 7.32. The van der Waals surface area contributed by atoms with Crippen LogP contribution in [0.3, 0.4) is 0 Å². The molecule has 0 radical (unpaired) electrons. The standard InChI is InChI=1S/C16H29N3O4/c1-16(2,3)9-11(17)14(21)19-12(15(22)23-4)8-10-6-5-7-18-13(10)20/h10-12H,5-9,17H2,1-4H3,(H,18,20)(H,19,21). The van der Waals surface area contributed by atoms with Gasteiger partial charge in [-0.15, -0.1) is 0 Å². The third-order valence-electron chi connectivity index (χ3n) is 3.89. The zero-order valence-corrected chi connectivity index (χ0v) is 14.5. The van der Waals surface area contributed by atoms with Crippen LogP contribution in [-0.2, 0) is 19.1 Å². The van der Waals surface area contributed by atoms with Gasteiger partial charge in [-0.1, -0.05) is 20.8 Å². The Hall–Kier alpha value is -1.63. The van der Waals surface area contributed by atoms with Crippen LogP contribution < -0.4 is 16.4 Å². The van der Waals surface area contributed by atoms with Crippen molar-refractivity contribution in [1.82, 2.24) is 10.6 Å². The number of methoxy groups -OCH3 is 1. The van der Waals surface area contributed by atoms with Crippen LogP contribution in [0.4, 0.5) is 0 Å². The number of rotatable bonds is 6. The molecule has 0 aromatic heterocycles. The Bertz CT molecular complexity index is 445. The van der Waals surface area contributed by atoms with Crippen LogP contribution in [0, 0.1) is 11.3 Å². The van der Waals surface area contributed by atoms with E-state index in [1.165, 1.54) is 7.11 Å². The number of nitrogens with two attached hydrogens (primary N) is 1. The van der Waals surface area contributed by atoms with Gasteiger partial charge < -0.3 is 21.1 Å². The van der Waals surface area contributed by atoms with E-state index in [0.29, 0.717) is 19.4 Å². The van der Waals surface area contributed by atoms with Crippen molar-refractivity contribution in [3.05, 3.63) is 0 Å². The molecule has 0 aromatic carbocycles. The minimum atomic E-state index is -0.854. The van der Waals surface area contributed by atoms with Crippen LogP contribution in [0.15, 0.2) is 0 Å². The smallest absolute Gasteiger partial charge is 0.328 e. The summed E-state index contributed by atoms with van der Waals surface area (Å²) in [6.45, 7) is 6.62. The first-order valence-electron chi connectivity index (χ1n) is 8.05. The summed E-state index contributed by atoms with van der Waals surface area (Å²) < 4.78 is 4.74. The highest BCUT2D eigenvalue weighted by Gasteiger charge is 2.32. The van der Waals surface area contributed by atoms with Gasteiger partial charge in [0.05, 0.1) is 13.2 Å². The van der Waals surface area contributed by atoms with Gasteiger partial charge in [-0.3, -0.25) is 9.59 Å². The lowest BCUT2D eigenvalue weighted by atomic mass is 9.87. The molecule has 1 fully saturated rings. The van der Waals surface area contributed by atoms with Gasteiger partial charge in [0.15, 0.2) is 0 Å². The molecule has 0 saturated carbocycles. The number of esters is 1. The molecule has 0 spiro atoms. The van der Waals surface area contributed by atoms with Gasteiger partial charge in [-0.25, -0.2) is 4.79 Å². The summed E-state index contributed by atoms with van der Waals surface area (Å²) in [5.74, 6) is -1.34. The van der Waals surface area contributed by atoms with Crippen LogP contribution in [0.5, 0.6) is 0 Å². The summed E-state index contributed by atoms with van der Waals surface area (Å²) in [7, 11) is 1.26. The summed E-state index contributed by atoms with van der Waals surface area (Å²) in [6, 6.07) is -1.56. The maximum Gasteiger partial charge on any atom is 0.328 e. The fourth-order valence-corrected chi connectivity index (χ4v) is 2.73. The molecule has 4 N–H and O–H groups in total. The highest BCUT2D eigenvalue weighted by molar-refractivity contribution is 5.88. The monoisotopic (exact) mass is 327 g/mol. The van der Waals surface area contributed by atoms with E-state index < -0.39 is 24.0 Å². The predicted octanol–water partition coefficient (Wildman–Crippen LogP) is 0.324. The maximum atomic E-state index is 12.2. The van der Waals surface area contributed by atoms with Gasteiger partial charge in [0, 0.05) is 12.5 Å². The second-order valence-corrected chi connectivity index (χ2v) is 7.32. The van der Waals surface area contributed by atoms with Gasteiger partial charge >= 0.3 is 5.97 Å². The highest BCUT2D eigenvalue weighted by Crippen LogP contribution is 2.21. The van der Waals surface area contributed by atoms with Crippen molar-refractivity contribution in [2.24, 2.45) is 17.1 Å². The van der Waals surface area contributed by atoms with Gasteiger partial charge in [-0.05, 0) is 31.1 Å². The average Bonchev–Trinajstić information content (AvgIpc) is 2.46. The van der Waals surface area contributed by atoms with E-state index in [-0.39, 0.29) is 23.7 Å². The van der Waals surface area contributed by atoms with Crippen molar-refractivity contribution in [3.63, 3.8) is 0 Å². The first-order valence-corrected chi connectivity index (χ1v) is 8.05. The Balaban J connectivity index is 2.69. The van der Waals surface area contributed by atoms with Crippen LogP contribution >= 0.6 is 0 Å². The largest absolute Gasteiger partial charge is 0.467 e. The van der Waals surface area contributed by atoms with Crippen molar-refractivity contribution in [2.45, 2.75) is 58.5 Å². The highest BCUT2D eigenvalue weighted by atomic mass is 16.5. The summed E-state index contributed by atoms with van der Waals surface area (Å²) >= 11 is 0. The lowest BCUT2D eigenvalue weighted by Gasteiger charge is -2.27. The lowest BCUT2D eigenvalue weighted by Crippen LogP contribution is -2.51. The number of carbonyl (C=O) groups is 3. The minimum absolute atomic E-state index is 0.0848. The summed E-state index contributed by atoms with van der Waals surface area (Å²) in [4.78, 5) is 36.0. The van der Waals surface area contributed by atoms with Crippen LogP contribution in [0.1, 0.15) is 46.5 Å². The molecule has 0 aliphatic carbocycles. The van der Waals surface area contributed by atoms with Gasteiger partial charge in [0.1, 0.15) is 6.04 Å². The topological polar surface area (TPSA) is 111 Å². The van der Waals surface area contributed by atoms with Crippen molar-refractivity contribution in [2.75, 3.05) is 13.7 Å². The Labute approximate surface area is 137 Å². The zero-order chi connectivity index (χ0) is 17.6. The average molecular weight is 327 g/mol. The quantitative estimate of drug-likeness (QED) is 0.609. The maximum absolute atomic E-state index is 12.2. The number of nitrogens with one attached hydrogen (secondary N) is 2. The number of piperidine rings is 1. The van der Waals surface area contributed by atoms with Crippen molar-refractivity contribution >= 4 is 17.8 Å². The summed E-state index contributed by atoms with van der Waals surface area (Å²) in [6.07, 6.45) is 2.29. The minimum Gasteiger partial charge on any atom is -0.467 e. The molecule has 1 saturated heterocycles. The van der Waals surface area contributed by atoms with Crippen LogP contribution in [0.2, 0.25) is 0 Å². The number of hydrogen-bond acceptors (Lipinski definition) is 5. The van der Waals surface area contributed by atoms with E-state index in [2.05, 4.69) is 10.6 Å². The Morgan fingerprint density at radius 2 is 2.09 bits per heavy atom. The summed E-state index contributed by atoms with van der Waals surface area (Å²) in [5.41, 5.74) is 5.81. The van der Waals surface area contributed by atoms with Gasteiger partial charge in [0.2, 0.25) is 11.8 Å². The third-order valence-corrected chi connectivity index (χ3v) is 3.89. The van der Waals surface area contributed by atoms with E-state index in [1.54, 1.807) is 0 Å². The van der Waals surface area contributed by atoms with E-state index in [9.17, 15) is 14.4 Å². The lowest BCUT2D eigenvalue weighted by molar-refractivity contribution is -0.146. The molecule has 1 aliphatic rings. The third kappa shape index (κ3) is 6.56. The first-order chi connectivity index (χ1) is 10.6.